The number of nitrogens with zero attached hydrogens (tertiary/aromatic N) is 1. The van der Waals surface area contributed by atoms with Gasteiger partial charge in [-0.1, -0.05) is 12.1 Å². The van der Waals surface area contributed by atoms with Crippen molar-refractivity contribution in [3.05, 3.63) is 58.0 Å². The van der Waals surface area contributed by atoms with E-state index in [0.29, 0.717) is 29.4 Å². The highest BCUT2D eigenvalue weighted by molar-refractivity contribution is 8.18. The minimum absolute atomic E-state index is 0.172. The summed E-state index contributed by atoms with van der Waals surface area (Å²) in [5, 5.41) is 2.26. The van der Waals surface area contributed by atoms with Crippen LogP contribution in [-0.4, -0.2) is 53.8 Å². The van der Waals surface area contributed by atoms with Crippen LogP contribution in [0.2, 0.25) is 0 Å². The summed E-state index contributed by atoms with van der Waals surface area (Å²) < 4.78 is 16.4. The Morgan fingerprint density at radius 1 is 1.03 bits per heavy atom. The molecule has 1 fully saturated rings. The van der Waals surface area contributed by atoms with Gasteiger partial charge in [-0.25, -0.2) is 0 Å². The summed E-state index contributed by atoms with van der Waals surface area (Å²) in [6.45, 7) is 8.84. The smallest absolute Gasteiger partial charge is 0.326 e. The van der Waals surface area contributed by atoms with E-state index < -0.39 is 23.7 Å². The number of carbonyl (C=O) groups is 4. The zero-order valence-electron chi connectivity index (χ0n) is 21.5. The Morgan fingerprint density at radius 2 is 1.78 bits per heavy atom. The summed E-state index contributed by atoms with van der Waals surface area (Å²) in [6.07, 6.45) is 1.19. The molecule has 10 heteroatoms. The molecule has 0 aromatic heterocycles. The maximum Gasteiger partial charge on any atom is 0.326 e. The van der Waals surface area contributed by atoms with Gasteiger partial charge in [0.25, 0.3) is 17.1 Å². The van der Waals surface area contributed by atoms with Crippen molar-refractivity contribution in [3.8, 4) is 11.5 Å². The van der Waals surface area contributed by atoms with Gasteiger partial charge in [-0.15, -0.1) is 0 Å². The fourth-order valence-corrected chi connectivity index (χ4v) is 4.22. The molecule has 196 valence electrons. The van der Waals surface area contributed by atoms with Crippen LogP contribution in [0.3, 0.4) is 0 Å². The second-order valence-corrected chi connectivity index (χ2v) is 9.57. The van der Waals surface area contributed by atoms with Crippen LogP contribution in [0, 0.1) is 13.8 Å². The molecule has 2 aromatic carbocycles. The SMILES string of the molecule is CCOc1cc(/C=C2/SC(=O)N(CC(=O)OC(C)C)C2=O)ccc1OCC(=O)Nc1ccc(C)c(C)c1. The number of thioether (sulfide) groups is 1. The fourth-order valence-electron chi connectivity index (χ4n) is 3.38. The average molecular weight is 527 g/mol. The molecule has 1 saturated heterocycles. The number of amides is 3. The van der Waals surface area contributed by atoms with Crippen molar-refractivity contribution in [3.63, 3.8) is 0 Å². The van der Waals surface area contributed by atoms with Crippen molar-refractivity contribution >= 4 is 46.5 Å². The van der Waals surface area contributed by atoms with E-state index in [0.717, 1.165) is 27.8 Å². The molecule has 1 aliphatic rings. The van der Waals surface area contributed by atoms with Crippen molar-refractivity contribution in [1.82, 2.24) is 4.90 Å². The van der Waals surface area contributed by atoms with Crippen molar-refractivity contribution in [1.29, 1.82) is 0 Å². The minimum atomic E-state index is -0.653. The zero-order valence-corrected chi connectivity index (χ0v) is 22.3. The van der Waals surface area contributed by atoms with Gasteiger partial charge in [0, 0.05) is 5.69 Å². The normalized spacial score (nSPS) is 14.3. The van der Waals surface area contributed by atoms with Crippen molar-refractivity contribution < 1.29 is 33.4 Å². The quantitative estimate of drug-likeness (QED) is 0.350. The van der Waals surface area contributed by atoms with Crippen LogP contribution in [0.4, 0.5) is 10.5 Å². The predicted molar refractivity (Wildman–Crippen MR) is 142 cm³/mol. The molecule has 0 unspecified atom stereocenters. The topological polar surface area (TPSA) is 111 Å². The van der Waals surface area contributed by atoms with Crippen LogP contribution in [-0.2, 0) is 19.1 Å². The summed E-state index contributed by atoms with van der Waals surface area (Å²) in [5.74, 6) is -0.801. The summed E-state index contributed by atoms with van der Waals surface area (Å²) in [4.78, 5) is 50.3. The monoisotopic (exact) mass is 526 g/mol. The van der Waals surface area contributed by atoms with Gasteiger partial charge in [-0.05, 0) is 93.4 Å². The molecular formula is C27H30N2O7S. The zero-order chi connectivity index (χ0) is 27.1. The first-order chi connectivity index (χ1) is 17.6. The molecular weight excluding hydrogens is 496 g/mol. The number of ether oxygens (including phenoxy) is 3. The summed E-state index contributed by atoms with van der Waals surface area (Å²) in [7, 11) is 0. The number of aryl methyl sites for hydroxylation is 2. The Balaban J connectivity index is 1.68. The lowest BCUT2D eigenvalue weighted by atomic mass is 10.1. The number of esters is 1. The van der Waals surface area contributed by atoms with Crippen LogP contribution in [0.25, 0.3) is 6.08 Å². The highest BCUT2D eigenvalue weighted by Crippen LogP contribution is 2.34. The molecule has 3 amide bonds. The van der Waals surface area contributed by atoms with Crippen LogP contribution in [0.1, 0.15) is 37.5 Å². The number of nitrogens with one attached hydrogen (secondary N) is 1. The second kappa shape index (κ2) is 12.4. The maximum atomic E-state index is 12.7. The van der Waals surface area contributed by atoms with Gasteiger partial charge in [0.2, 0.25) is 0 Å². The molecule has 2 aromatic rings. The van der Waals surface area contributed by atoms with E-state index in [1.54, 1.807) is 32.0 Å². The lowest BCUT2D eigenvalue weighted by Crippen LogP contribution is -2.35. The summed E-state index contributed by atoms with van der Waals surface area (Å²) >= 11 is 0.744. The van der Waals surface area contributed by atoms with E-state index in [9.17, 15) is 19.2 Å². The molecule has 9 nitrogen and oxygen atoms in total. The number of anilines is 1. The lowest BCUT2D eigenvalue weighted by Gasteiger charge is -2.14. The molecule has 37 heavy (non-hydrogen) atoms. The largest absolute Gasteiger partial charge is 0.490 e. The Bertz CT molecular complexity index is 1240. The maximum absolute atomic E-state index is 12.7. The van der Waals surface area contributed by atoms with Gasteiger partial charge < -0.3 is 19.5 Å². The van der Waals surface area contributed by atoms with E-state index in [1.165, 1.54) is 6.08 Å². The molecule has 3 rings (SSSR count). The molecule has 1 N–H and O–H groups in total. The van der Waals surface area contributed by atoms with Crippen LogP contribution in [0.5, 0.6) is 11.5 Å². The Labute approximate surface area is 220 Å². The molecule has 1 heterocycles. The third-order valence-corrected chi connectivity index (χ3v) is 6.15. The van der Waals surface area contributed by atoms with Gasteiger partial charge >= 0.3 is 5.97 Å². The highest BCUT2D eigenvalue weighted by atomic mass is 32.2. The van der Waals surface area contributed by atoms with Gasteiger partial charge in [0.05, 0.1) is 17.6 Å². The standard InChI is InChI=1S/C27H30N2O7S/c1-6-34-22-12-19(13-23-26(32)29(27(33)37-23)14-25(31)36-16(2)3)8-10-21(22)35-15-24(30)28-20-9-7-17(4)18(5)11-20/h7-13,16H,6,14-15H2,1-5H3,(H,28,30)/b23-13+. The Hall–Kier alpha value is -3.79. The number of carbonyl (C=O) groups excluding carboxylic acids is 4. The Kier molecular flexibility index (Phi) is 9.35. The van der Waals surface area contributed by atoms with Crippen molar-refractivity contribution in [2.45, 2.75) is 40.7 Å². The lowest BCUT2D eigenvalue weighted by molar-refractivity contribution is -0.149. The minimum Gasteiger partial charge on any atom is -0.490 e. The first kappa shape index (κ1) is 27.8. The van der Waals surface area contributed by atoms with E-state index >= 15 is 0 Å². The molecule has 0 atom stereocenters. The number of hydrogen-bond donors (Lipinski definition) is 1. The Morgan fingerprint density at radius 3 is 2.46 bits per heavy atom. The van der Waals surface area contributed by atoms with E-state index in [1.807, 2.05) is 39.0 Å². The molecule has 0 saturated carbocycles. The third-order valence-electron chi connectivity index (χ3n) is 5.24. The van der Waals surface area contributed by atoms with Crippen molar-refractivity contribution in [2.24, 2.45) is 0 Å². The second-order valence-electron chi connectivity index (χ2n) is 8.58. The van der Waals surface area contributed by atoms with E-state index in [4.69, 9.17) is 14.2 Å². The first-order valence-corrected chi connectivity index (χ1v) is 12.6. The highest BCUT2D eigenvalue weighted by Gasteiger charge is 2.36. The van der Waals surface area contributed by atoms with Crippen LogP contribution >= 0.6 is 11.8 Å². The average Bonchev–Trinajstić information content (AvgIpc) is 3.08. The predicted octanol–water partition coefficient (Wildman–Crippen LogP) is 4.71. The van der Waals surface area contributed by atoms with Gasteiger partial charge in [-0.2, -0.15) is 0 Å². The van der Waals surface area contributed by atoms with Crippen LogP contribution < -0.4 is 14.8 Å². The van der Waals surface area contributed by atoms with Crippen molar-refractivity contribution in [2.75, 3.05) is 25.1 Å². The number of benzene rings is 2. The summed E-state index contributed by atoms with van der Waals surface area (Å²) in [6, 6.07) is 10.6. The van der Waals surface area contributed by atoms with Crippen LogP contribution in [0.15, 0.2) is 41.3 Å². The molecule has 0 spiro atoms. The van der Waals surface area contributed by atoms with Gasteiger partial charge in [-0.3, -0.25) is 24.1 Å². The fraction of sp³-hybridized carbons (Fsp3) is 0.333. The number of imide groups is 1. The number of hydrogen-bond acceptors (Lipinski definition) is 8. The molecule has 0 bridgehead atoms. The van der Waals surface area contributed by atoms with E-state index in [2.05, 4.69) is 5.32 Å². The third kappa shape index (κ3) is 7.60. The first-order valence-electron chi connectivity index (χ1n) is 11.8. The van der Waals surface area contributed by atoms with E-state index in [-0.39, 0.29) is 23.5 Å². The number of rotatable bonds is 10. The molecule has 1 aliphatic heterocycles. The van der Waals surface area contributed by atoms with Gasteiger partial charge in [0.15, 0.2) is 18.1 Å². The summed E-state index contributed by atoms with van der Waals surface area (Å²) in [5.41, 5.74) is 3.48. The molecule has 0 radical (unpaired) electrons. The molecule has 0 aliphatic carbocycles. The van der Waals surface area contributed by atoms with Gasteiger partial charge in [0.1, 0.15) is 6.54 Å².